The van der Waals surface area contributed by atoms with Crippen LogP contribution in [0.4, 0.5) is 0 Å². The van der Waals surface area contributed by atoms with Gasteiger partial charge < -0.3 is 10.0 Å². The van der Waals surface area contributed by atoms with Gasteiger partial charge in [0.2, 0.25) is 0 Å². The lowest BCUT2D eigenvalue weighted by Gasteiger charge is -2.26. The topological polar surface area (TPSA) is 77.5 Å². The molecule has 6 nitrogen and oxygen atoms in total. The summed E-state index contributed by atoms with van der Waals surface area (Å²) >= 11 is 1.66. The van der Waals surface area contributed by atoms with Gasteiger partial charge in [0, 0.05) is 35.8 Å². The van der Waals surface area contributed by atoms with Crippen molar-refractivity contribution in [2.45, 2.75) is 63.0 Å². The molecule has 1 amide bonds. The Balaban J connectivity index is 1.19. The summed E-state index contributed by atoms with van der Waals surface area (Å²) in [4.78, 5) is 19.6. The van der Waals surface area contributed by atoms with E-state index >= 15 is 0 Å². The van der Waals surface area contributed by atoms with Gasteiger partial charge in [0.05, 0.1) is 10.2 Å². The molecule has 1 aromatic heterocycles. The average molecular weight is 451 g/mol. The van der Waals surface area contributed by atoms with Crippen LogP contribution in [0.25, 0.3) is 20.8 Å². The van der Waals surface area contributed by atoms with Crippen molar-refractivity contribution >= 4 is 27.5 Å². The molecule has 2 aliphatic rings. The molecule has 1 unspecified atom stereocenters. The van der Waals surface area contributed by atoms with Crippen LogP contribution in [0.1, 0.15) is 49.4 Å². The zero-order valence-electron chi connectivity index (χ0n) is 18.5. The van der Waals surface area contributed by atoms with E-state index in [-0.39, 0.29) is 23.5 Å². The smallest absolute Gasteiger partial charge is 0.253 e. The molecule has 168 valence electrons. The standard InChI is InChI=1S/C25H30N4O2S/c1-25(13-14-25)28-24(31)26-18-11-12-19(15-18)29(2)23(30)17-9-7-16(8-10-17)22-27-20-5-3-4-6-21(20)32-22/h3-10,18-19,24,26,28,31H,11-15H2,1-2H3/t18-,19+,24?/m0/s1. The van der Waals surface area contributed by atoms with Gasteiger partial charge in [-0.15, -0.1) is 11.3 Å². The number of benzene rings is 2. The highest BCUT2D eigenvalue weighted by Crippen LogP contribution is 2.35. The fraction of sp³-hybridized carbons (Fsp3) is 0.440. The number of aliphatic hydroxyl groups excluding tert-OH is 1. The van der Waals surface area contributed by atoms with Gasteiger partial charge in [0.1, 0.15) is 5.01 Å². The third-order valence-electron chi connectivity index (χ3n) is 6.82. The molecule has 2 saturated carbocycles. The summed E-state index contributed by atoms with van der Waals surface area (Å²) in [6.07, 6.45) is 4.26. The first-order valence-corrected chi connectivity index (χ1v) is 12.2. The van der Waals surface area contributed by atoms with Gasteiger partial charge in [-0.3, -0.25) is 15.4 Å². The number of para-hydroxylation sites is 1. The second-order valence-electron chi connectivity index (χ2n) is 9.42. The monoisotopic (exact) mass is 450 g/mol. The van der Waals surface area contributed by atoms with Crippen LogP contribution in [0, 0.1) is 0 Å². The Labute approximate surface area is 192 Å². The SMILES string of the molecule is CN(C(=O)c1ccc(-c2nc3ccccc3s2)cc1)[C@@H]1CC[C@H](NC(O)NC2(C)CC2)C1. The second-order valence-corrected chi connectivity index (χ2v) is 10.4. The van der Waals surface area contributed by atoms with Gasteiger partial charge >= 0.3 is 0 Å². The molecule has 3 aromatic rings. The maximum atomic E-state index is 13.1. The third kappa shape index (κ3) is 4.57. The number of aliphatic hydroxyl groups is 1. The number of hydrogen-bond donors (Lipinski definition) is 3. The van der Waals surface area contributed by atoms with Crippen LogP contribution in [0.3, 0.4) is 0 Å². The van der Waals surface area contributed by atoms with E-state index in [1.54, 1.807) is 11.3 Å². The normalized spacial score (nSPS) is 22.7. The molecule has 1 heterocycles. The van der Waals surface area contributed by atoms with E-state index in [2.05, 4.69) is 23.6 Å². The van der Waals surface area contributed by atoms with Crippen LogP contribution in [0.15, 0.2) is 48.5 Å². The highest BCUT2D eigenvalue weighted by molar-refractivity contribution is 7.21. The minimum atomic E-state index is -0.692. The van der Waals surface area contributed by atoms with Crippen molar-refractivity contribution in [3.05, 3.63) is 54.1 Å². The van der Waals surface area contributed by atoms with Crippen LogP contribution < -0.4 is 10.6 Å². The number of thiazole rings is 1. The summed E-state index contributed by atoms with van der Waals surface area (Å²) in [5, 5.41) is 17.7. The van der Waals surface area contributed by atoms with Crippen molar-refractivity contribution < 1.29 is 9.90 Å². The minimum absolute atomic E-state index is 0.0377. The second kappa shape index (κ2) is 8.56. The van der Waals surface area contributed by atoms with Crippen LogP contribution >= 0.6 is 11.3 Å². The molecule has 0 aliphatic heterocycles. The average Bonchev–Trinajstić information content (AvgIpc) is 3.18. The molecule has 32 heavy (non-hydrogen) atoms. The number of amides is 1. The molecule has 0 radical (unpaired) electrons. The Kier molecular flexibility index (Phi) is 5.75. The van der Waals surface area contributed by atoms with Crippen molar-refractivity contribution in [2.24, 2.45) is 0 Å². The predicted molar refractivity (Wildman–Crippen MR) is 128 cm³/mol. The number of nitrogens with zero attached hydrogens (tertiary/aromatic N) is 2. The summed E-state index contributed by atoms with van der Waals surface area (Å²) < 4.78 is 1.17. The summed E-state index contributed by atoms with van der Waals surface area (Å²) in [7, 11) is 1.89. The molecule has 3 atom stereocenters. The lowest BCUT2D eigenvalue weighted by molar-refractivity contribution is 0.0690. The first-order valence-electron chi connectivity index (χ1n) is 11.4. The largest absolute Gasteiger partial charge is 0.365 e. The van der Waals surface area contributed by atoms with Gasteiger partial charge in [-0.25, -0.2) is 4.98 Å². The molecular weight excluding hydrogens is 420 g/mol. The Hall–Kier alpha value is -2.32. The van der Waals surface area contributed by atoms with E-state index in [1.165, 1.54) is 4.70 Å². The zero-order valence-corrected chi connectivity index (χ0v) is 19.4. The fourth-order valence-corrected chi connectivity index (χ4v) is 5.48. The van der Waals surface area contributed by atoms with Crippen LogP contribution in [0.2, 0.25) is 0 Å². The third-order valence-corrected chi connectivity index (χ3v) is 7.91. The quantitative estimate of drug-likeness (QED) is 0.475. The predicted octanol–water partition coefficient (Wildman–Crippen LogP) is 3.96. The van der Waals surface area contributed by atoms with Crippen LogP contribution in [0.5, 0.6) is 0 Å². The van der Waals surface area contributed by atoms with Gasteiger partial charge in [-0.1, -0.05) is 24.3 Å². The maximum Gasteiger partial charge on any atom is 0.253 e. The van der Waals surface area contributed by atoms with Crippen LogP contribution in [-0.4, -0.2) is 51.9 Å². The number of hydrogen-bond acceptors (Lipinski definition) is 6. The molecule has 2 fully saturated rings. The van der Waals surface area contributed by atoms with E-state index in [1.807, 2.05) is 54.4 Å². The van der Waals surface area contributed by atoms with E-state index in [0.717, 1.165) is 48.2 Å². The molecule has 2 aliphatic carbocycles. The zero-order chi connectivity index (χ0) is 22.3. The summed E-state index contributed by atoms with van der Waals surface area (Å²) in [5.41, 5.74) is 2.80. The Bertz CT molecular complexity index is 1080. The van der Waals surface area contributed by atoms with E-state index in [9.17, 15) is 9.90 Å². The maximum absolute atomic E-state index is 13.1. The van der Waals surface area contributed by atoms with E-state index < -0.39 is 6.35 Å². The molecule has 5 rings (SSSR count). The highest BCUT2D eigenvalue weighted by atomic mass is 32.1. The molecule has 0 bridgehead atoms. The molecule has 7 heteroatoms. The lowest BCUT2D eigenvalue weighted by Crippen LogP contribution is -2.51. The summed E-state index contributed by atoms with van der Waals surface area (Å²) in [5.74, 6) is 0.0377. The molecule has 2 aromatic carbocycles. The fourth-order valence-electron chi connectivity index (χ4n) is 4.51. The van der Waals surface area contributed by atoms with Crippen LogP contribution in [-0.2, 0) is 0 Å². The van der Waals surface area contributed by atoms with Crippen molar-refractivity contribution in [2.75, 3.05) is 7.05 Å². The van der Waals surface area contributed by atoms with Gasteiger partial charge in [0.15, 0.2) is 6.35 Å². The van der Waals surface area contributed by atoms with Crippen molar-refractivity contribution in [1.29, 1.82) is 0 Å². The Morgan fingerprint density at radius 1 is 1.19 bits per heavy atom. The molecule has 3 N–H and O–H groups in total. The molecule has 0 spiro atoms. The Morgan fingerprint density at radius 3 is 2.66 bits per heavy atom. The number of nitrogens with one attached hydrogen (secondary N) is 2. The van der Waals surface area contributed by atoms with Crippen molar-refractivity contribution in [1.82, 2.24) is 20.5 Å². The first-order chi connectivity index (χ1) is 15.4. The van der Waals surface area contributed by atoms with E-state index in [0.29, 0.717) is 5.56 Å². The number of carbonyl (C=O) groups is 1. The summed E-state index contributed by atoms with van der Waals surface area (Å²) in [6, 6.07) is 16.3. The number of carbonyl (C=O) groups excluding carboxylic acids is 1. The number of rotatable bonds is 7. The van der Waals surface area contributed by atoms with Gasteiger partial charge in [-0.2, -0.15) is 0 Å². The van der Waals surface area contributed by atoms with E-state index in [4.69, 9.17) is 4.98 Å². The highest BCUT2D eigenvalue weighted by Gasteiger charge is 2.39. The molecule has 0 saturated heterocycles. The summed E-state index contributed by atoms with van der Waals surface area (Å²) in [6.45, 7) is 2.13. The first kappa shape index (κ1) is 21.5. The lowest BCUT2D eigenvalue weighted by atomic mass is 10.1. The van der Waals surface area contributed by atoms with Crippen molar-refractivity contribution in [3.63, 3.8) is 0 Å². The Morgan fingerprint density at radius 2 is 1.94 bits per heavy atom. The minimum Gasteiger partial charge on any atom is -0.365 e. The van der Waals surface area contributed by atoms with Gasteiger partial charge in [-0.05, 0) is 63.3 Å². The number of fused-ring (bicyclic) bond motifs is 1. The number of aromatic nitrogens is 1. The van der Waals surface area contributed by atoms with Gasteiger partial charge in [0.25, 0.3) is 5.91 Å². The van der Waals surface area contributed by atoms with Crippen molar-refractivity contribution in [3.8, 4) is 10.6 Å². The molecular formula is C25H30N4O2S.